The van der Waals surface area contributed by atoms with Crippen molar-refractivity contribution in [2.45, 2.75) is 18.2 Å². The minimum Gasteiger partial charge on any atom is -0.384 e. The van der Waals surface area contributed by atoms with Crippen molar-refractivity contribution in [3.8, 4) is 11.8 Å². The molecule has 0 bridgehead atoms. The lowest BCUT2D eigenvalue weighted by molar-refractivity contribution is 0.350. The van der Waals surface area contributed by atoms with Gasteiger partial charge in [0.1, 0.15) is 12.4 Å². The summed E-state index contributed by atoms with van der Waals surface area (Å²) in [7, 11) is -2.23. The number of benzene rings is 1. The summed E-state index contributed by atoms with van der Waals surface area (Å²) in [6, 6.07) is 3.32. The Labute approximate surface area is 112 Å². The molecule has 1 aromatic carbocycles. The molecular formula is C13H16FNO3S. The van der Waals surface area contributed by atoms with Crippen LogP contribution >= 0.6 is 0 Å². The molecule has 6 heteroatoms. The molecule has 1 N–H and O–H groups in total. The highest BCUT2D eigenvalue weighted by Gasteiger charge is 2.23. The van der Waals surface area contributed by atoms with Crippen LogP contribution in [0.15, 0.2) is 23.1 Å². The lowest BCUT2D eigenvalue weighted by atomic mass is 10.2. The molecule has 0 saturated carbocycles. The van der Waals surface area contributed by atoms with Gasteiger partial charge in [-0.05, 0) is 24.6 Å². The van der Waals surface area contributed by atoms with Crippen LogP contribution < -0.4 is 0 Å². The molecule has 1 rings (SSSR count). The molecule has 0 aliphatic carbocycles. The molecule has 1 aromatic rings. The van der Waals surface area contributed by atoms with Crippen molar-refractivity contribution in [2.24, 2.45) is 0 Å². The second-order valence-electron chi connectivity index (χ2n) is 3.93. The number of rotatable bonds is 4. The smallest absolute Gasteiger partial charge is 0.244 e. The second-order valence-corrected chi connectivity index (χ2v) is 5.94. The number of aliphatic hydroxyl groups is 1. The number of hydrogen-bond acceptors (Lipinski definition) is 3. The van der Waals surface area contributed by atoms with Crippen LogP contribution in [0.4, 0.5) is 4.39 Å². The summed E-state index contributed by atoms with van der Waals surface area (Å²) in [5.74, 6) is 4.22. The van der Waals surface area contributed by atoms with Crippen LogP contribution in [0.2, 0.25) is 0 Å². The number of aliphatic hydroxyl groups excluding tert-OH is 1. The lowest BCUT2D eigenvalue weighted by Crippen LogP contribution is -2.28. The van der Waals surface area contributed by atoms with Gasteiger partial charge in [0.2, 0.25) is 10.0 Å². The Morgan fingerprint density at radius 2 is 2.11 bits per heavy atom. The van der Waals surface area contributed by atoms with Gasteiger partial charge >= 0.3 is 0 Å². The Morgan fingerprint density at radius 3 is 2.68 bits per heavy atom. The predicted octanol–water partition coefficient (Wildman–Crippen LogP) is 1.20. The van der Waals surface area contributed by atoms with E-state index in [1.54, 1.807) is 0 Å². The maximum atomic E-state index is 13.2. The first-order valence-corrected chi connectivity index (χ1v) is 7.23. The van der Waals surface area contributed by atoms with E-state index in [1.807, 2.05) is 6.92 Å². The van der Waals surface area contributed by atoms with E-state index >= 15 is 0 Å². The monoisotopic (exact) mass is 285 g/mol. The third-order valence-corrected chi connectivity index (χ3v) is 4.39. The fourth-order valence-corrected chi connectivity index (χ4v) is 2.95. The van der Waals surface area contributed by atoms with E-state index < -0.39 is 22.4 Å². The van der Waals surface area contributed by atoms with Gasteiger partial charge in [0.05, 0.1) is 4.90 Å². The summed E-state index contributed by atoms with van der Waals surface area (Å²) in [5, 5.41) is 8.66. The molecule has 104 valence electrons. The first-order valence-electron chi connectivity index (χ1n) is 5.79. The number of halogens is 1. The van der Waals surface area contributed by atoms with Crippen LogP contribution in [-0.2, 0) is 10.0 Å². The molecule has 0 spiro atoms. The average Bonchev–Trinajstić information content (AvgIpc) is 2.36. The van der Waals surface area contributed by atoms with Crippen molar-refractivity contribution in [3.63, 3.8) is 0 Å². The van der Waals surface area contributed by atoms with Crippen LogP contribution in [-0.4, -0.2) is 38.0 Å². The van der Waals surface area contributed by atoms with Gasteiger partial charge in [0.25, 0.3) is 0 Å². The van der Waals surface area contributed by atoms with Gasteiger partial charge in [-0.15, -0.1) is 0 Å². The van der Waals surface area contributed by atoms with Crippen LogP contribution in [0.25, 0.3) is 0 Å². The summed E-state index contributed by atoms with van der Waals surface area (Å²) in [6.07, 6.45) is 0.675. The average molecular weight is 285 g/mol. The molecule has 0 amide bonds. The topological polar surface area (TPSA) is 57.6 Å². The van der Waals surface area contributed by atoms with Crippen LogP contribution in [0.5, 0.6) is 0 Å². The van der Waals surface area contributed by atoms with Crippen molar-refractivity contribution in [3.05, 3.63) is 29.6 Å². The summed E-state index contributed by atoms with van der Waals surface area (Å²) >= 11 is 0. The summed E-state index contributed by atoms with van der Waals surface area (Å²) in [6.45, 7) is 1.82. The van der Waals surface area contributed by atoms with E-state index in [0.717, 1.165) is 12.1 Å². The van der Waals surface area contributed by atoms with Gasteiger partial charge in [0, 0.05) is 19.2 Å². The van der Waals surface area contributed by atoms with E-state index in [2.05, 4.69) is 11.8 Å². The number of sulfonamides is 1. The molecule has 0 heterocycles. The Morgan fingerprint density at radius 1 is 1.42 bits per heavy atom. The van der Waals surface area contributed by atoms with Crippen molar-refractivity contribution in [1.29, 1.82) is 0 Å². The molecule has 0 unspecified atom stereocenters. The second kappa shape index (κ2) is 6.66. The molecule has 0 aliphatic heterocycles. The van der Waals surface area contributed by atoms with Gasteiger partial charge in [-0.2, -0.15) is 0 Å². The molecule has 0 radical (unpaired) electrons. The Bertz CT molecular complexity index is 602. The van der Waals surface area contributed by atoms with Gasteiger partial charge in [0.15, 0.2) is 0 Å². The fraction of sp³-hybridized carbons (Fsp3) is 0.385. The highest BCUT2D eigenvalue weighted by atomic mass is 32.2. The Hall–Kier alpha value is -1.42. The zero-order chi connectivity index (χ0) is 14.5. The lowest BCUT2D eigenvalue weighted by Gasteiger charge is -2.17. The van der Waals surface area contributed by atoms with Crippen LogP contribution in [0, 0.1) is 17.7 Å². The van der Waals surface area contributed by atoms with Crippen molar-refractivity contribution < 1.29 is 17.9 Å². The minimum absolute atomic E-state index is 0.0502. The van der Waals surface area contributed by atoms with Gasteiger partial charge in [-0.25, -0.2) is 17.1 Å². The van der Waals surface area contributed by atoms with E-state index in [-0.39, 0.29) is 10.5 Å². The highest BCUT2D eigenvalue weighted by Crippen LogP contribution is 2.20. The Kier molecular flexibility index (Phi) is 5.48. The standard InChI is InChI=1S/C13H16FNO3S/c1-3-8-15(2)19(17,18)13-7-6-12(14)10-11(13)5-4-9-16/h6-7,10,16H,3,8-9H2,1-2H3. The third kappa shape index (κ3) is 3.77. The summed E-state index contributed by atoms with van der Waals surface area (Å²) < 4.78 is 39.0. The van der Waals surface area contributed by atoms with Crippen LogP contribution in [0.3, 0.4) is 0 Å². The van der Waals surface area contributed by atoms with E-state index in [0.29, 0.717) is 13.0 Å². The van der Waals surface area contributed by atoms with Crippen LogP contribution in [0.1, 0.15) is 18.9 Å². The zero-order valence-electron chi connectivity index (χ0n) is 10.9. The molecule has 0 atom stereocenters. The predicted molar refractivity (Wildman–Crippen MR) is 70.5 cm³/mol. The first-order chi connectivity index (χ1) is 8.93. The Balaban J connectivity index is 3.33. The van der Waals surface area contributed by atoms with Crippen molar-refractivity contribution in [2.75, 3.05) is 20.2 Å². The molecular weight excluding hydrogens is 269 g/mol. The zero-order valence-corrected chi connectivity index (χ0v) is 11.7. The van der Waals surface area contributed by atoms with E-state index in [4.69, 9.17) is 5.11 Å². The van der Waals surface area contributed by atoms with Gasteiger partial charge < -0.3 is 5.11 Å². The quantitative estimate of drug-likeness (QED) is 0.846. The SMILES string of the molecule is CCCN(C)S(=O)(=O)c1ccc(F)cc1C#CCO. The molecule has 0 aliphatic rings. The minimum atomic E-state index is -3.70. The van der Waals surface area contributed by atoms with Crippen molar-refractivity contribution >= 4 is 10.0 Å². The van der Waals surface area contributed by atoms with Crippen molar-refractivity contribution in [1.82, 2.24) is 4.31 Å². The summed E-state index contributed by atoms with van der Waals surface area (Å²) in [4.78, 5) is -0.0502. The maximum absolute atomic E-state index is 13.2. The fourth-order valence-electron chi connectivity index (χ4n) is 1.56. The van der Waals surface area contributed by atoms with Gasteiger partial charge in [-0.3, -0.25) is 0 Å². The molecule has 4 nitrogen and oxygen atoms in total. The van der Waals surface area contributed by atoms with Gasteiger partial charge in [-0.1, -0.05) is 18.8 Å². The van der Waals surface area contributed by atoms with E-state index in [9.17, 15) is 12.8 Å². The largest absolute Gasteiger partial charge is 0.384 e. The molecule has 0 fully saturated rings. The highest BCUT2D eigenvalue weighted by molar-refractivity contribution is 7.89. The normalized spacial score (nSPS) is 11.2. The van der Waals surface area contributed by atoms with E-state index in [1.165, 1.54) is 17.4 Å². The first kappa shape index (κ1) is 15.6. The molecule has 19 heavy (non-hydrogen) atoms. The molecule has 0 saturated heterocycles. The third-order valence-electron chi connectivity index (χ3n) is 2.47. The number of hydrogen-bond donors (Lipinski definition) is 1. The molecule has 0 aromatic heterocycles. The maximum Gasteiger partial charge on any atom is 0.244 e. The number of nitrogens with zero attached hydrogens (tertiary/aromatic N) is 1. The summed E-state index contributed by atoms with van der Waals surface area (Å²) in [5.41, 5.74) is 0.0528.